The maximum Gasteiger partial charge on any atom is 0.267 e. The summed E-state index contributed by atoms with van der Waals surface area (Å²) in [6.07, 6.45) is 9.54. The van der Waals surface area contributed by atoms with Crippen LogP contribution < -0.4 is 9.30 Å². The number of fused-ring (bicyclic) bond motifs is 12. The fourth-order valence-electron chi connectivity index (χ4n) is 10.8. The van der Waals surface area contributed by atoms with Crippen molar-refractivity contribution in [2.45, 2.75) is 0 Å². The summed E-state index contributed by atoms with van der Waals surface area (Å²) in [6.45, 7) is 0. The molecular weight excluding hydrogens is 1050 g/mol. The summed E-state index contributed by atoms with van der Waals surface area (Å²) >= 11 is 0. The maximum atomic E-state index is 6.78. The number of hydrogen-bond acceptors (Lipinski definition) is 2. The number of rotatable bonds is 8. The van der Waals surface area contributed by atoms with Gasteiger partial charge in [-0.2, -0.15) is 18.2 Å². The van der Waals surface area contributed by atoms with Gasteiger partial charge in [-0.3, -0.25) is 4.57 Å². The third-order valence-electron chi connectivity index (χ3n) is 13.7. The minimum absolute atomic E-state index is 0. The van der Waals surface area contributed by atoms with Crippen molar-refractivity contribution in [2.75, 3.05) is 0 Å². The van der Waals surface area contributed by atoms with E-state index in [9.17, 15) is 0 Å². The van der Waals surface area contributed by atoms with Gasteiger partial charge in [-0.15, -0.1) is 24.3 Å². The molecule has 0 fully saturated rings. The average Bonchev–Trinajstić information content (AvgIpc) is 4.20. The zero-order valence-electron chi connectivity index (χ0n) is 38.3. The first-order chi connectivity index (χ1) is 34.7. The molecule has 340 valence electrons. The van der Waals surface area contributed by atoms with Gasteiger partial charge in [0.1, 0.15) is 5.82 Å². The molecule has 0 bridgehead atoms. The average molecular weight is 1090 g/mol. The van der Waals surface area contributed by atoms with Crippen molar-refractivity contribution >= 4 is 65.4 Å². The van der Waals surface area contributed by atoms with Crippen LogP contribution in [0.3, 0.4) is 0 Å². The van der Waals surface area contributed by atoms with Crippen LogP contribution in [-0.4, -0.2) is 23.3 Å². The van der Waals surface area contributed by atoms with Crippen LogP contribution in [-0.2, 0) is 28.1 Å². The van der Waals surface area contributed by atoms with Crippen molar-refractivity contribution < 1.29 is 30.4 Å². The fourth-order valence-corrected chi connectivity index (χ4v) is 10.8. The Labute approximate surface area is 423 Å². The molecule has 7 nitrogen and oxygen atoms in total. The minimum Gasteiger partial charge on any atom is -0.510 e. The van der Waals surface area contributed by atoms with E-state index >= 15 is 0 Å². The Morgan fingerprint density at radius 1 is 0.493 bits per heavy atom. The Kier molecular flexibility index (Phi) is 10.2. The van der Waals surface area contributed by atoms with E-state index in [1.54, 1.807) is 0 Å². The number of aryl methyl sites for hydroxylation is 1. The molecule has 0 aliphatic rings. The van der Waals surface area contributed by atoms with Gasteiger partial charge < -0.3 is 23.0 Å². The largest absolute Gasteiger partial charge is 0.510 e. The van der Waals surface area contributed by atoms with E-state index in [2.05, 4.69) is 208 Å². The molecule has 0 N–H and O–H groups in total. The second kappa shape index (κ2) is 17.0. The van der Waals surface area contributed by atoms with E-state index in [0.29, 0.717) is 11.5 Å². The number of imidazole rings is 1. The third kappa shape index (κ3) is 6.69. The van der Waals surface area contributed by atoms with Gasteiger partial charge >= 0.3 is 0 Å². The number of ether oxygens (including phenoxy) is 1. The molecule has 14 aromatic rings. The third-order valence-corrected chi connectivity index (χ3v) is 13.7. The molecular formula is C63H40N6OPt-2. The Balaban J connectivity index is 0.00000492. The standard InChI is InChI=1S/C63H40N6O.Pt/c1-65-53-31-13-11-27-50(53)57-58-51-28-12-14-32-54(51)68(44-23-9-4-10-24-44)62(58)63-59(61(57)65)52-35-34-47(40-55(52)69(63)56-33-15-16-36-64-56)70-46-26-17-25-45(39-46)66-37-38-67(41-66)60-48(42-19-5-2-6-20-42)29-18-30-49(60)43-21-7-3-8-22-43;/h2-38H,1H3;/q-2;. The molecule has 0 aliphatic carbocycles. The molecule has 0 atom stereocenters. The van der Waals surface area contributed by atoms with Gasteiger partial charge in [0.15, 0.2) is 0 Å². The quantitative estimate of drug-likeness (QED) is 0.112. The van der Waals surface area contributed by atoms with Gasteiger partial charge in [0.05, 0.1) is 22.2 Å². The van der Waals surface area contributed by atoms with Crippen LogP contribution in [0.2, 0.25) is 0 Å². The van der Waals surface area contributed by atoms with Crippen molar-refractivity contribution in [1.82, 2.24) is 23.3 Å². The predicted molar refractivity (Wildman–Crippen MR) is 282 cm³/mol. The first kappa shape index (κ1) is 42.3. The number of hydrogen-bond donors (Lipinski definition) is 0. The summed E-state index contributed by atoms with van der Waals surface area (Å²) in [5, 5.41) is 6.99. The normalized spacial score (nSPS) is 11.6. The zero-order valence-corrected chi connectivity index (χ0v) is 40.5. The first-order valence-electron chi connectivity index (χ1n) is 23.4. The van der Waals surface area contributed by atoms with Crippen LogP contribution in [0, 0.1) is 18.5 Å². The molecule has 71 heavy (non-hydrogen) atoms. The maximum absolute atomic E-state index is 6.78. The molecule has 0 radical (unpaired) electrons. The van der Waals surface area contributed by atoms with E-state index in [-0.39, 0.29) is 21.1 Å². The Morgan fingerprint density at radius 2 is 1.10 bits per heavy atom. The van der Waals surface area contributed by atoms with E-state index in [4.69, 9.17) is 9.72 Å². The Bertz CT molecular complexity index is 4270. The van der Waals surface area contributed by atoms with Crippen LogP contribution in [0.4, 0.5) is 0 Å². The number of aromatic nitrogens is 6. The molecule has 0 aliphatic heterocycles. The Morgan fingerprint density at radius 3 is 1.82 bits per heavy atom. The van der Waals surface area contributed by atoms with Gasteiger partial charge in [-0.25, -0.2) is 4.98 Å². The number of para-hydroxylation sites is 4. The summed E-state index contributed by atoms with van der Waals surface area (Å²) in [6, 6.07) is 79.3. The smallest absolute Gasteiger partial charge is 0.267 e. The van der Waals surface area contributed by atoms with E-state index in [1.807, 2.05) is 65.5 Å². The molecule has 0 saturated carbocycles. The van der Waals surface area contributed by atoms with Gasteiger partial charge in [-0.1, -0.05) is 150 Å². The van der Waals surface area contributed by atoms with Crippen molar-refractivity contribution in [3.63, 3.8) is 0 Å². The van der Waals surface area contributed by atoms with Crippen molar-refractivity contribution in [3.8, 4) is 56.6 Å². The van der Waals surface area contributed by atoms with E-state index < -0.39 is 0 Å². The van der Waals surface area contributed by atoms with Gasteiger partial charge in [-0.05, 0) is 69.7 Å². The molecule has 5 aromatic heterocycles. The Hall–Kier alpha value is -8.77. The van der Waals surface area contributed by atoms with Crippen molar-refractivity contribution in [3.05, 3.63) is 243 Å². The molecule has 14 rings (SSSR count). The van der Waals surface area contributed by atoms with Crippen LogP contribution in [0.1, 0.15) is 0 Å². The van der Waals surface area contributed by atoms with Crippen LogP contribution in [0.25, 0.3) is 111 Å². The second-order valence-corrected chi connectivity index (χ2v) is 17.6. The predicted octanol–water partition coefficient (Wildman–Crippen LogP) is 14.5. The molecule has 9 aromatic carbocycles. The molecule has 0 unspecified atom stereocenters. The fraction of sp³-hybridized carbons (Fsp3) is 0.0159. The van der Waals surface area contributed by atoms with Gasteiger partial charge in [0, 0.05) is 96.5 Å². The first-order valence-corrected chi connectivity index (χ1v) is 23.4. The summed E-state index contributed by atoms with van der Waals surface area (Å²) in [5.41, 5.74) is 13.9. The molecule has 8 heteroatoms. The van der Waals surface area contributed by atoms with Crippen LogP contribution in [0.5, 0.6) is 11.5 Å². The molecule has 0 spiro atoms. The van der Waals surface area contributed by atoms with Crippen molar-refractivity contribution in [2.24, 2.45) is 7.05 Å². The molecule has 0 amide bonds. The van der Waals surface area contributed by atoms with Gasteiger partial charge in [0.2, 0.25) is 0 Å². The SMILES string of the molecule is Cn1c2ccccc2c2c3c4ccccc4n(-c4ccccc4)c3c3c(c4ccc(Oc5[c-]c(-[n+]6[c-]n(-c7c(-c8ccccc8)cccc7-c7ccccc7)cc6)ccc5)[c-]c4n3-c3ccccn3)c21.[Pt]. The monoisotopic (exact) mass is 1090 g/mol. The van der Waals surface area contributed by atoms with Crippen LogP contribution >= 0.6 is 0 Å². The number of nitrogens with zero attached hydrogens (tertiary/aromatic N) is 6. The summed E-state index contributed by atoms with van der Waals surface area (Å²) in [5.74, 6) is 1.90. The topological polar surface area (TPSA) is 45.7 Å². The summed E-state index contributed by atoms with van der Waals surface area (Å²) in [7, 11) is 2.19. The summed E-state index contributed by atoms with van der Waals surface area (Å²) in [4.78, 5) is 5.03. The molecule has 0 saturated heterocycles. The van der Waals surface area contributed by atoms with Crippen LogP contribution in [0.15, 0.2) is 225 Å². The minimum atomic E-state index is 0. The van der Waals surface area contributed by atoms with Crippen molar-refractivity contribution in [1.29, 1.82) is 0 Å². The molecule has 5 heterocycles. The second-order valence-electron chi connectivity index (χ2n) is 17.6. The zero-order chi connectivity index (χ0) is 46.3. The van der Waals surface area contributed by atoms with E-state index in [1.165, 1.54) is 27.1 Å². The number of benzene rings is 9. The van der Waals surface area contributed by atoms with E-state index in [0.717, 1.165) is 83.5 Å². The summed E-state index contributed by atoms with van der Waals surface area (Å²) < 4.78 is 17.9. The number of pyridine rings is 1. The van der Waals surface area contributed by atoms with Gasteiger partial charge in [0.25, 0.3) is 6.33 Å².